The third kappa shape index (κ3) is 2.68. The standard InChI is InChI=1S/C13H16ClN3/c1-3-15-9-11-5-4-10(8-12(11)14)13-6-7-16-17(13)2/h4-8,15H,3,9H2,1-2H3. The number of hydrogen-bond donors (Lipinski definition) is 1. The van der Waals surface area contributed by atoms with Gasteiger partial charge < -0.3 is 5.32 Å². The molecule has 0 saturated heterocycles. The van der Waals surface area contributed by atoms with Crippen LogP contribution < -0.4 is 5.32 Å². The highest BCUT2D eigenvalue weighted by Crippen LogP contribution is 2.25. The summed E-state index contributed by atoms with van der Waals surface area (Å²) in [7, 11) is 1.93. The number of aromatic nitrogens is 2. The molecule has 0 amide bonds. The Balaban J connectivity index is 2.28. The summed E-state index contributed by atoms with van der Waals surface area (Å²) in [4.78, 5) is 0. The maximum atomic E-state index is 6.26. The van der Waals surface area contributed by atoms with Crippen LogP contribution in [0.2, 0.25) is 5.02 Å². The van der Waals surface area contributed by atoms with Crippen LogP contribution in [0, 0.1) is 0 Å². The third-order valence-corrected chi connectivity index (χ3v) is 3.09. The topological polar surface area (TPSA) is 29.9 Å². The predicted molar refractivity (Wildman–Crippen MR) is 71.0 cm³/mol. The van der Waals surface area contributed by atoms with Crippen LogP contribution in [0.1, 0.15) is 12.5 Å². The Morgan fingerprint density at radius 2 is 2.18 bits per heavy atom. The van der Waals surface area contributed by atoms with Gasteiger partial charge in [0.2, 0.25) is 0 Å². The summed E-state index contributed by atoms with van der Waals surface area (Å²) in [5, 5.41) is 8.22. The maximum absolute atomic E-state index is 6.26. The van der Waals surface area contributed by atoms with Crippen molar-refractivity contribution in [1.82, 2.24) is 15.1 Å². The van der Waals surface area contributed by atoms with E-state index in [1.165, 1.54) is 0 Å². The van der Waals surface area contributed by atoms with Crippen LogP contribution in [0.25, 0.3) is 11.3 Å². The molecule has 0 atom stereocenters. The first-order valence-corrected chi connectivity index (χ1v) is 6.07. The van der Waals surface area contributed by atoms with E-state index in [0.717, 1.165) is 34.9 Å². The first kappa shape index (κ1) is 12.1. The highest BCUT2D eigenvalue weighted by Gasteiger charge is 2.06. The van der Waals surface area contributed by atoms with Gasteiger partial charge in [0.25, 0.3) is 0 Å². The molecule has 4 heteroatoms. The highest BCUT2D eigenvalue weighted by molar-refractivity contribution is 6.31. The van der Waals surface area contributed by atoms with Gasteiger partial charge in [-0.2, -0.15) is 5.10 Å². The van der Waals surface area contributed by atoms with E-state index in [-0.39, 0.29) is 0 Å². The lowest BCUT2D eigenvalue weighted by molar-refractivity contribution is 0.727. The molecule has 0 saturated carbocycles. The lowest BCUT2D eigenvalue weighted by Crippen LogP contribution is -2.12. The number of halogens is 1. The Hall–Kier alpha value is -1.32. The van der Waals surface area contributed by atoms with Gasteiger partial charge in [-0.05, 0) is 24.2 Å². The van der Waals surface area contributed by atoms with Gasteiger partial charge in [0.05, 0.1) is 5.69 Å². The Morgan fingerprint density at radius 1 is 1.35 bits per heavy atom. The molecule has 2 rings (SSSR count). The molecule has 0 spiro atoms. The molecular formula is C13H16ClN3. The van der Waals surface area contributed by atoms with Gasteiger partial charge in [0.1, 0.15) is 0 Å². The summed E-state index contributed by atoms with van der Waals surface area (Å²) in [6, 6.07) is 8.11. The summed E-state index contributed by atoms with van der Waals surface area (Å²) >= 11 is 6.26. The second kappa shape index (κ2) is 5.34. The number of nitrogens with zero attached hydrogens (tertiary/aromatic N) is 2. The summed E-state index contributed by atoms with van der Waals surface area (Å²) in [6.45, 7) is 3.83. The Labute approximate surface area is 106 Å². The molecule has 1 heterocycles. The fraction of sp³-hybridized carbons (Fsp3) is 0.308. The lowest BCUT2D eigenvalue weighted by Gasteiger charge is -2.08. The summed E-state index contributed by atoms with van der Waals surface area (Å²) in [6.07, 6.45) is 1.79. The molecular weight excluding hydrogens is 234 g/mol. The van der Waals surface area contributed by atoms with E-state index in [2.05, 4.69) is 29.5 Å². The molecule has 0 bridgehead atoms. The van der Waals surface area contributed by atoms with Crippen molar-refractivity contribution in [3.05, 3.63) is 41.0 Å². The van der Waals surface area contributed by atoms with Crippen molar-refractivity contribution in [2.75, 3.05) is 6.54 Å². The zero-order chi connectivity index (χ0) is 12.3. The molecule has 0 aliphatic rings. The van der Waals surface area contributed by atoms with Crippen LogP contribution in [-0.4, -0.2) is 16.3 Å². The maximum Gasteiger partial charge on any atom is 0.0679 e. The van der Waals surface area contributed by atoms with Gasteiger partial charge >= 0.3 is 0 Å². The second-order valence-corrected chi connectivity index (χ2v) is 4.33. The first-order valence-electron chi connectivity index (χ1n) is 5.70. The molecule has 17 heavy (non-hydrogen) atoms. The van der Waals surface area contributed by atoms with Crippen molar-refractivity contribution < 1.29 is 0 Å². The normalized spacial score (nSPS) is 10.8. The van der Waals surface area contributed by atoms with E-state index in [0.29, 0.717) is 0 Å². The molecule has 0 aliphatic heterocycles. The molecule has 1 aromatic heterocycles. The van der Waals surface area contributed by atoms with E-state index in [4.69, 9.17) is 11.6 Å². The van der Waals surface area contributed by atoms with E-state index in [9.17, 15) is 0 Å². The van der Waals surface area contributed by atoms with Crippen LogP contribution in [0.15, 0.2) is 30.5 Å². The van der Waals surface area contributed by atoms with Crippen molar-refractivity contribution >= 4 is 11.6 Å². The van der Waals surface area contributed by atoms with Gasteiger partial charge in [0, 0.05) is 30.4 Å². The van der Waals surface area contributed by atoms with Crippen molar-refractivity contribution in [1.29, 1.82) is 0 Å². The van der Waals surface area contributed by atoms with Crippen LogP contribution in [0.5, 0.6) is 0 Å². The van der Waals surface area contributed by atoms with Crippen molar-refractivity contribution in [3.63, 3.8) is 0 Å². The minimum atomic E-state index is 0.796. The first-order chi connectivity index (χ1) is 8.22. The van der Waals surface area contributed by atoms with Crippen molar-refractivity contribution in [3.8, 4) is 11.3 Å². The lowest BCUT2D eigenvalue weighted by atomic mass is 10.1. The second-order valence-electron chi connectivity index (χ2n) is 3.93. The fourth-order valence-corrected chi connectivity index (χ4v) is 2.01. The van der Waals surface area contributed by atoms with Crippen LogP contribution in [0.4, 0.5) is 0 Å². The van der Waals surface area contributed by atoms with Gasteiger partial charge in [-0.25, -0.2) is 0 Å². The molecule has 0 fully saturated rings. The Bertz CT molecular complexity index is 505. The van der Waals surface area contributed by atoms with Gasteiger partial charge in [-0.1, -0.05) is 30.7 Å². The molecule has 1 N–H and O–H groups in total. The average Bonchev–Trinajstić information content (AvgIpc) is 2.74. The Morgan fingerprint density at radius 3 is 2.76 bits per heavy atom. The van der Waals surface area contributed by atoms with Gasteiger partial charge in [-0.3, -0.25) is 4.68 Å². The smallest absolute Gasteiger partial charge is 0.0679 e. The molecule has 1 aromatic carbocycles. The quantitative estimate of drug-likeness (QED) is 0.903. The summed E-state index contributed by atoms with van der Waals surface area (Å²) in [5.41, 5.74) is 3.29. The minimum absolute atomic E-state index is 0.796. The molecule has 3 nitrogen and oxygen atoms in total. The molecule has 2 aromatic rings. The zero-order valence-electron chi connectivity index (χ0n) is 10.1. The SMILES string of the molecule is CCNCc1ccc(-c2ccnn2C)cc1Cl. The molecule has 0 aliphatic carbocycles. The van der Waals surface area contributed by atoms with Crippen LogP contribution in [0.3, 0.4) is 0 Å². The predicted octanol–water partition coefficient (Wildman–Crippen LogP) is 2.85. The molecule has 90 valence electrons. The van der Waals surface area contributed by atoms with Crippen molar-refractivity contribution in [2.24, 2.45) is 7.05 Å². The minimum Gasteiger partial charge on any atom is -0.313 e. The Kier molecular flexibility index (Phi) is 3.82. The average molecular weight is 250 g/mol. The van der Waals surface area contributed by atoms with Gasteiger partial charge in [-0.15, -0.1) is 0 Å². The van der Waals surface area contributed by atoms with Crippen LogP contribution in [-0.2, 0) is 13.6 Å². The van der Waals surface area contributed by atoms with E-state index < -0.39 is 0 Å². The number of benzene rings is 1. The zero-order valence-corrected chi connectivity index (χ0v) is 10.8. The molecule has 0 radical (unpaired) electrons. The van der Waals surface area contributed by atoms with E-state index in [1.54, 1.807) is 6.20 Å². The number of rotatable bonds is 4. The molecule has 0 unspecified atom stereocenters. The largest absolute Gasteiger partial charge is 0.313 e. The number of aryl methyl sites for hydroxylation is 1. The summed E-state index contributed by atoms with van der Waals surface area (Å²) < 4.78 is 1.84. The van der Waals surface area contributed by atoms with Crippen molar-refractivity contribution in [2.45, 2.75) is 13.5 Å². The third-order valence-electron chi connectivity index (χ3n) is 2.74. The fourth-order valence-electron chi connectivity index (χ4n) is 1.77. The van der Waals surface area contributed by atoms with Gasteiger partial charge in [0.15, 0.2) is 0 Å². The number of nitrogens with one attached hydrogen (secondary N) is 1. The number of hydrogen-bond acceptors (Lipinski definition) is 2. The van der Waals surface area contributed by atoms with E-state index >= 15 is 0 Å². The summed E-state index contributed by atoms with van der Waals surface area (Å²) in [5.74, 6) is 0. The monoisotopic (exact) mass is 249 g/mol. The highest BCUT2D eigenvalue weighted by atomic mass is 35.5. The van der Waals surface area contributed by atoms with E-state index in [1.807, 2.05) is 23.9 Å². The van der Waals surface area contributed by atoms with Crippen LogP contribution >= 0.6 is 11.6 Å².